The van der Waals surface area contributed by atoms with Crippen LogP contribution < -0.4 is 10.6 Å². The van der Waals surface area contributed by atoms with Gasteiger partial charge in [-0.25, -0.2) is 0 Å². The van der Waals surface area contributed by atoms with Crippen LogP contribution in [-0.2, 0) is 24.2 Å². The van der Waals surface area contributed by atoms with Crippen molar-refractivity contribution in [3.05, 3.63) is 11.6 Å². The Bertz CT molecular complexity index is 472. The fourth-order valence-electron chi connectivity index (χ4n) is 2.81. The molecule has 2 N–H and O–H groups in total. The minimum absolute atomic E-state index is 0. The Kier molecular flexibility index (Phi) is 5.99. The van der Waals surface area contributed by atoms with Gasteiger partial charge in [0.1, 0.15) is 11.6 Å². The molecule has 3 heterocycles. The second-order valence-electron chi connectivity index (χ2n) is 5.74. The molecular formula is C14H24ClN5O. The Balaban J connectivity index is 0.00000161. The van der Waals surface area contributed by atoms with Crippen LogP contribution in [0.5, 0.6) is 0 Å². The van der Waals surface area contributed by atoms with E-state index in [1.54, 1.807) is 0 Å². The lowest BCUT2D eigenvalue weighted by atomic mass is 10.0. The topological polar surface area (TPSA) is 71.8 Å². The molecule has 0 radical (unpaired) electrons. The molecule has 2 aliphatic heterocycles. The van der Waals surface area contributed by atoms with Crippen molar-refractivity contribution in [2.24, 2.45) is 5.92 Å². The lowest BCUT2D eigenvalue weighted by Crippen LogP contribution is -2.50. The van der Waals surface area contributed by atoms with Crippen LogP contribution in [-0.4, -0.2) is 40.3 Å². The van der Waals surface area contributed by atoms with Crippen LogP contribution in [0.2, 0.25) is 0 Å². The maximum atomic E-state index is 11.7. The van der Waals surface area contributed by atoms with Crippen LogP contribution in [0.3, 0.4) is 0 Å². The SMILES string of the molecule is Cl.O=C(NCCCc1nnc2n1CCCCC2)C1CNC1. The Morgan fingerprint density at radius 2 is 2.14 bits per heavy atom. The van der Waals surface area contributed by atoms with Gasteiger partial charge in [0.15, 0.2) is 0 Å². The van der Waals surface area contributed by atoms with E-state index in [1.807, 2.05) is 0 Å². The first-order valence-corrected chi connectivity index (χ1v) is 7.74. The van der Waals surface area contributed by atoms with E-state index in [0.717, 1.165) is 57.1 Å². The highest BCUT2D eigenvalue weighted by Gasteiger charge is 2.24. The smallest absolute Gasteiger partial charge is 0.225 e. The van der Waals surface area contributed by atoms with E-state index >= 15 is 0 Å². The number of aromatic nitrogens is 3. The van der Waals surface area contributed by atoms with Crippen LogP contribution in [0.4, 0.5) is 0 Å². The first-order chi connectivity index (χ1) is 9.84. The quantitative estimate of drug-likeness (QED) is 0.785. The zero-order chi connectivity index (χ0) is 13.8. The summed E-state index contributed by atoms with van der Waals surface area (Å²) in [5, 5.41) is 14.7. The molecule has 0 aliphatic carbocycles. The minimum atomic E-state index is 0. The number of fused-ring (bicyclic) bond motifs is 1. The molecule has 7 heteroatoms. The summed E-state index contributed by atoms with van der Waals surface area (Å²) in [5.74, 6) is 2.59. The van der Waals surface area contributed by atoms with E-state index in [-0.39, 0.29) is 24.2 Å². The summed E-state index contributed by atoms with van der Waals surface area (Å²) in [6, 6.07) is 0. The van der Waals surface area contributed by atoms with Crippen molar-refractivity contribution in [2.75, 3.05) is 19.6 Å². The van der Waals surface area contributed by atoms with Gasteiger partial charge >= 0.3 is 0 Å². The van der Waals surface area contributed by atoms with Gasteiger partial charge in [-0.3, -0.25) is 4.79 Å². The molecular weight excluding hydrogens is 290 g/mol. The van der Waals surface area contributed by atoms with Gasteiger partial charge in [-0.05, 0) is 19.3 Å². The summed E-state index contributed by atoms with van der Waals surface area (Å²) in [6.07, 6.45) is 6.62. The monoisotopic (exact) mass is 313 g/mol. The van der Waals surface area contributed by atoms with Gasteiger partial charge in [-0.2, -0.15) is 0 Å². The van der Waals surface area contributed by atoms with Crippen molar-refractivity contribution in [3.8, 4) is 0 Å². The van der Waals surface area contributed by atoms with Crippen LogP contribution in [0.15, 0.2) is 0 Å². The molecule has 2 aliphatic rings. The summed E-state index contributed by atoms with van der Waals surface area (Å²) < 4.78 is 2.28. The highest BCUT2D eigenvalue weighted by Crippen LogP contribution is 2.15. The number of aryl methyl sites for hydroxylation is 2. The molecule has 1 saturated heterocycles. The number of carbonyl (C=O) groups is 1. The molecule has 0 spiro atoms. The standard InChI is InChI=1S/C14H23N5O.ClH/c20-14(11-9-15-10-11)16-7-4-6-13-18-17-12-5-2-1-3-8-19(12)13;/h11,15H,1-10H2,(H,16,20);1H. The first kappa shape index (κ1) is 16.2. The second-order valence-corrected chi connectivity index (χ2v) is 5.74. The van der Waals surface area contributed by atoms with E-state index < -0.39 is 0 Å². The summed E-state index contributed by atoms with van der Waals surface area (Å²) in [7, 11) is 0. The first-order valence-electron chi connectivity index (χ1n) is 7.74. The third-order valence-electron chi connectivity index (χ3n) is 4.21. The molecule has 0 bridgehead atoms. The average molecular weight is 314 g/mol. The molecule has 3 rings (SSSR count). The molecule has 0 aromatic carbocycles. The average Bonchev–Trinajstić information content (AvgIpc) is 2.61. The van der Waals surface area contributed by atoms with Gasteiger partial charge < -0.3 is 15.2 Å². The van der Waals surface area contributed by atoms with E-state index in [4.69, 9.17) is 0 Å². The van der Waals surface area contributed by atoms with E-state index in [9.17, 15) is 4.79 Å². The van der Waals surface area contributed by atoms with Crippen molar-refractivity contribution >= 4 is 18.3 Å². The minimum Gasteiger partial charge on any atom is -0.356 e. The maximum Gasteiger partial charge on any atom is 0.225 e. The fraction of sp³-hybridized carbons (Fsp3) is 0.786. The van der Waals surface area contributed by atoms with Crippen molar-refractivity contribution in [3.63, 3.8) is 0 Å². The van der Waals surface area contributed by atoms with Crippen molar-refractivity contribution in [2.45, 2.75) is 45.1 Å². The second kappa shape index (κ2) is 7.75. The maximum absolute atomic E-state index is 11.7. The van der Waals surface area contributed by atoms with Crippen LogP contribution >= 0.6 is 12.4 Å². The van der Waals surface area contributed by atoms with E-state index in [0.29, 0.717) is 0 Å². The Hall–Kier alpha value is -1.14. The summed E-state index contributed by atoms with van der Waals surface area (Å²) in [5.41, 5.74) is 0. The molecule has 1 aromatic heterocycles. The van der Waals surface area contributed by atoms with Gasteiger partial charge in [0.25, 0.3) is 0 Å². The molecule has 6 nitrogen and oxygen atoms in total. The van der Waals surface area contributed by atoms with Gasteiger partial charge in [0.2, 0.25) is 5.91 Å². The van der Waals surface area contributed by atoms with Crippen LogP contribution in [0.25, 0.3) is 0 Å². The number of nitrogens with one attached hydrogen (secondary N) is 2. The van der Waals surface area contributed by atoms with Gasteiger partial charge in [-0.15, -0.1) is 22.6 Å². The van der Waals surface area contributed by atoms with Gasteiger partial charge in [0, 0.05) is 39.0 Å². The number of carbonyl (C=O) groups excluding carboxylic acids is 1. The molecule has 1 amide bonds. The van der Waals surface area contributed by atoms with Gasteiger partial charge in [-0.1, -0.05) is 6.42 Å². The zero-order valence-electron chi connectivity index (χ0n) is 12.3. The lowest BCUT2D eigenvalue weighted by molar-refractivity contribution is -0.126. The van der Waals surface area contributed by atoms with Crippen LogP contribution in [0.1, 0.15) is 37.3 Å². The lowest BCUT2D eigenvalue weighted by Gasteiger charge is -2.25. The van der Waals surface area contributed by atoms with Crippen molar-refractivity contribution in [1.82, 2.24) is 25.4 Å². The molecule has 0 saturated carbocycles. The number of nitrogens with zero attached hydrogens (tertiary/aromatic N) is 3. The molecule has 0 atom stereocenters. The number of hydrogen-bond donors (Lipinski definition) is 2. The third kappa shape index (κ3) is 3.95. The van der Waals surface area contributed by atoms with Crippen molar-refractivity contribution in [1.29, 1.82) is 0 Å². The summed E-state index contributed by atoms with van der Waals surface area (Å²) in [4.78, 5) is 11.7. The number of rotatable bonds is 5. The predicted octanol–water partition coefficient (Wildman–Crippen LogP) is 0.694. The van der Waals surface area contributed by atoms with Crippen LogP contribution in [0, 0.1) is 5.92 Å². The third-order valence-corrected chi connectivity index (χ3v) is 4.21. The molecule has 118 valence electrons. The van der Waals surface area contributed by atoms with Gasteiger partial charge in [0.05, 0.1) is 5.92 Å². The van der Waals surface area contributed by atoms with Crippen molar-refractivity contribution < 1.29 is 4.79 Å². The normalized spacial score (nSPS) is 18.1. The largest absolute Gasteiger partial charge is 0.356 e. The van der Waals surface area contributed by atoms with E-state index in [2.05, 4.69) is 25.4 Å². The highest BCUT2D eigenvalue weighted by molar-refractivity contribution is 5.85. The fourth-order valence-corrected chi connectivity index (χ4v) is 2.81. The Morgan fingerprint density at radius 3 is 2.90 bits per heavy atom. The summed E-state index contributed by atoms with van der Waals surface area (Å²) in [6.45, 7) is 3.43. The van der Waals surface area contributed by atoms with E-state index in [1.165, 1.54) is 19.3 Å². The molecule has 21 heavy (non-hydrogen) atoms. The molecule has 1 fully saturated rings. The Morgan fingerprint density at radius 1 is 1.29 bits per heavy atom. The number of halogens is 1. The highest BCUT2D eigenvalue weighted by atomic mass is 35.5. The molecule has 0 unspecified atom stereocenters. The number of hydrogen-bond acceptors (Lipinski definition) is 4. The summed E-state index contributed by atoms with van der Waals surface area (Å²) >= 11 is 0. The zero-order valence-corrected chi connectivity index (χ0v) is 13.1. The Labute approximate surface area is 131 Å². The molecule has 1 aromatic rings. The predicted molar refractivity (Wildman–Crippen MR) is 82.5 cm³/mol. The number of amides is 1.